The van der Waals surface area contributed by atoms with E-state index >= 15 is 0 Å². The number of aliphatic hydroxyl groups excluding tert-OH is 1. The third kappa shape index (κ3) is 10.4. The molecule has 10 heteroatoms. The van der Waals surface area contributed by atoms with Crippen LogP contribution in [0.4, 0.5) is 0 Å². The molecule has 4 aliphatic rings. The van der Waals surface area contributed by atoms with Crippen LogP contribution in [-0.2, 0) is 0 Å². The summed E-state index contributed by atoms with van der Waals surface area (Å²) in [5.41, 5.74) is 0. The molecule has 1 N–H and O–H groups in total. The topological polar surface area (TPSA) is 20.2 Å². The standard InChI is InChI=1S/C9H16OS4.C9H16S5/c2*10-7(1-13-8-3-11-4-8)2-14-9-5-12-6-9/h2*7-10H,1-6H2. The molecule has 0 atom stereocenters. The number of thioether (sulfide) groups is 8. The molecule has 0 aliphatic carbocycles. The number of hydrogen-bond donors (Lipinski definition) is 2. The van der Waals surface area contributed by atoms with Crippen molar-refractivity contribution in [2.75, 3.05) is 69.0 Å². The fourth-order valence-electron chi connectivity index (χ4n) is 2.33. The highest BCUT2D eigenvalue weighted by atomic mass is 32.2. The smallest absolute Gasteiger partial charge is 0.0721 e. The minimum Gasteiger partial charge on any atom is -0.391 e. The van der Waals surface area contributed by atoms with Gasteiger partial charge in [0.2, 0.25) is 0 Å². The molecule has 0 unspecified atom stereocenters. The van der Waals surface area contributed by atoms with Gasteiger partial charge in [0.25, 0.3) is 0 Å². The Balaban J connectivity index is 0.000000161. The highest BCUT2D eigenvalue weighted by Gasteiger charge is 2.23. The molecular formula is C18H32OS9. The summed E-state index contributed by atoms with van der Waals surface area (Å²) in [5.74, 6) is 15.1. The van der Waals surface area contributed by atoms with Gasteiger partial charge in [0.1, 0.15) is 0 Å². The minimum atomic E-state index is -0.0822. The van der Waals surface area contributed by atoms with Gasteiger partial charge in [-0.25, -0.2) is 0 Å². The molecule has 0 amide bonds. The fraction of sp³-hybridized carbons (Fsp3) is 1.00. The van der Waals surface area contributed by atoms with Gasteiger partial charge in [0.15, 0.2) is 0 Å². The van der Waals surface area contributed by atoms with E-state index in [2.05, 4.69) is 59.7 Å². The van der Waals surface area contributed by atoms with E-state index in [0.29, 0.717) is 5.25 Å². The van der Waals surface area contributed by atoms with Gasteiger partial charge in [-0.3, -0.25) is 0 Å². The van der Waals surface area contributed by atoms with Gasteiger partial charge in [-0.05, 0) is 0 Å². The van der Waals surface area contributed by atoms with Crippen molar-refractivity contribution in [1.29, 1.82) is 0 Å². The Labute approximate surface area is 211 Å². The molecule has 4 fully saturated rings. The van der Waals surface area contributed by atoms with Crippen LogP contribution in [0, 0.1) is 0 Å². The predicted molar refractivity (Wildman–Crippen MR) is 153 cm³/mol. The van der Waals surface area contributed by atoms with Crippen LogP contribution in [0.5, 0.6) is 0 Å². The summed E-state index contributed by atoms with van der Waals surface area (Å²) in [6.07, 6.45) is -0.0822. The Morgan fingerprint density at radius 3 is 1.14 bits per heavy atom. The average Bonchev–Trinajstić information content (AvgIpc) is 2.49. The number of aliphatic hydroxyl groups is 1. The van der Waals surface area contributed by atoms with Gasteiger partial charge in [0, 0.05) is 95.3 Å². The maximum Gasteiger partial charge on any atom is 0.0721 e. The van der Waals surface area contributed by atoms with E-state index in [1.165, 1.54) is 57.5 Å². The highest BCUT2D eigenvalue weighted by molar-refractivity contribution is 8.09. The van der Waals surface area contributed by atoms with Gasteiger partial charge in [-0.1, -0.05) is 0 Å². The number of rotatable bonds is 12. The summed E-state index contributed by atoms with van der Waals surface area (Å²) < 4.78 is 0. The zero-order valence-electron chi connectivity index (χ0n) is 16.1. The predicted octanol–water partition coefficient (Wildman–Crippen LogP) is 5.03. The molecule has 0 aromatic carbocycles. The molecule has 0 spiro atoms. The Hall–Kier alpha value is 3.11. The first-order valence-corrected chi connectivity index (χ1v) is 19.2. The largest absolute Gasteiger partial charge is 0.391 e. The van der Waals surface area contributed by atoms with E-state index in [1.807, 2.05) is 47.0 Å². The first-order valence-electron chi connectivity index (χ1n) is 9.82. The summed E-state index contributed by atoms with van der Waals surface area (Å²) >= 11 is 21.0. The van der Waals surface area contributed by atoms with E-state index in [0.717, 1.165) is 32.5 Å². The second kappa shape index (κ2) is 15.1. The molecular weight excluding hydrogens is 521 g/mol. The molecule has 0 saturated carbocycles. The van der Waals surface area contributed by atoms with Crippen molar-refractivity contribution in [3.63, 3.8) is 0 Å². The number of thiol groups is 1. The monoisotopic (exact) mass is 552 g/mol. The normalized spacial score (nSPS) is 23.6. The summed E-state index contributed by atoms with van der Waals surface area (Å²) in [7, 11) is 0. The van der Waals surface area contributed by atoms with Gasteiger partial charge in [0.05, 0.1) is 6.10 Å². The Morgan fingerprint density at radius 1 is 0.607 bits per heavy atom. The molecule has 28 heavy (non-hydrogen) atoms. The summed E-state index contributed by atoms with van der Waals surface area (Å²) in [4.78, 5) is 0. The lowest BCUT2D eigenvalue weighted by molar-refractivity contribution is 0.225. The third-order valence-electron chi connectivity index (χ3n) is 4.53. The van der Waals surface area contributed by atoms with Crippen molar-refractivity contribution in [3.05, 3.63) is 0 Å². The molecule has 4 rings (SSSR count). The van der Waals surface area contributed by atoms with Crippen LogP contribution in [0.3, 0.4) is 0 Å². The lowest BCUT2D eigenvalue weighted by Gasteiger charge is -2.27. The second-order valence-electron chi connectivity index (χ2n) is 7.28. The minimum absolute atomic E-state index is 0.0822. The van der Waals surface area contributed by atoms with E-state index in [1.54, 1.807) is 0 Å². The number of hydrogen-bond acceptors (Lipinski definition) is 10. The molecule has 4 saturated heterocycles. The van der Waals surface area contributed by atoms with Crippen molar-refractivity contribution in [1.82, 2.24) is 0 Å². The molecule has 164 valence electrons. The second-order valence-corrected chi connectivity index (χ2v) is 17.6. The summed E-state index contributed by atoms with van der Waals surface area (Å²) in [5, 5.41) is 13.9. The average molecular weight is 553 g/mol. The molecule has 0 aromatic rings. The quantitative estimate of drug-likeness (QED) is 0.322. The van der Waals surface area contributed by atoms with Crippen LogP contribution >= 0.6 is 107 Å². The van der Waals surface area contributed by atoms with Crippen molar-refractivity contribution in [3.8, 4) is 0 Å². The van der Waals surface area contributed by atoms with E-state index in [4.69, 9.17) is 0 Å². The highest BCUT2D eigenvalue weighted by Crippen LogP contribution is 2.34. The first kappa shape index (κ1) is 25.7. The van der Waals surface area contributed by atoms with E-state index in [-0.39, 0.29) is 6.10 Å². The third-order valence-corrected chi connectivity index (χ3v) is 17.7. The van der Waals surface area contributed by atoms with Gasteiger partial charge >= 0.3 is 0 Å². The van der Waals surface area contributed by atoms with Crippen molar-refractivity contribution in [2.24, 2.45) is 0 Å². The molecule has 4 heterocycles. The molecule has 0 bridgehead atoms. The van der Waals surface area contributed by atoms with E-state index in [9.17, 15) is 5.11 Å². The van der Waals surface area contributed by atoms with Gasteiger partial charge < -0.3 is 5.11 Å². The van der Waals surface area contributed by atoms with Crippen LogP contribution in [0.2, 0.25) is 0 Å². The van der Waals surface area contributed by atoms with Gasteiger partial charge in [-0.15, -0.1) is 0 Å². The Kier molecular flexibility index (Phi) is 13.9. The molecule has 0 radical (unpaired) electrons. The zero-order chi connectivity index (χ0) is 19.6. The molecule has 4 aliphatic heterocycles. The molecule has 1 nitrogen and oxygen atoms in total. The zero-order valence-corrected chi connectivity index (χ0v) is 23.5. The van der Waals surface area contributed by atoms with Crippen molar-refractivity contribution < 1.29 is 5.11 Å². The van der Waals surface area contributed by atoms with Crippen LogP contribution in [0.1, 0.15) is 0 Å². The lowest BCUT2D eigenvalue weighted by atomic mass is 10.5. The Morgan fingerprint density at radius 2 is 0.893 bits per heavy atom. The van der Waals surface area contributed by atoms with Crippen LogP contribution in [0.25, 0.3) is 0 Å². The Bertz CT molecular complexity index is 340. The van der Waals surface area contributed by atoms with Gasteiger partial charge in [-0.2, -0.15) is 107 Å². The molecule has 0 aromatic heterocycles. The van der Waals surface area contributed by atoms with Crippen LogP contribution in [-0.4, -0.2) is 106 Å². The SMILES string of the molecule is OC(CSC1CSC1)CSC1CSC1.SC(CSC1CSC1)CSC1CSC1. The lowest BCUT2D eigenvalue weighted by Crippen LogP contribution is -2.27. The van der Waals surface area contributed by atoms with E-state index < -0.39 is 0 Å². The van der Waals surface area contributed by atoms with Crippen LogP contribution < -0.4 is 0 Å². The maximum atomic E-state index is 9.73. The van der Waals surface area contributed by atoms with Crippen molar-refractivity contribution >= 4 is 107 Å². The summed E-state index contributed by atoms with van der Waals surface area (Å²) in [6.45, 7) is 0. The maximum absolute atomic E-state index is 9.73. The summed E-state index contributed by atoms with van der Waals surface area (Å²) in [6, 6.07) is 0. The fourth-order valence-corrected chi connectivity index (χ4v) is 12.7. The first-order chi connectivity index (χ1) is 13.7. The van der Waals surface area contributed by atoms with Crippen LogP contribution in [0.15, 0.2) is 0 Å². The van der Waals surface area contributed by atoms with Crippen molar-refractivity contribution in [2.45, 2.75) is 32.4 Å².